The molecule has 0 radical (unpaired) electrons. The number of β-amino-alcohol motifs (C(OH)–C–C–N with tert-alkyl or cyclic N) is 1. The highest BCUT2D eigenvalue weighted by atomic mass is 16.3. The molecular weight excluding hydrogens is 238 g/mol. The van der Waals surface area contributed by atoms with E-state index in [9.17, 15) is 9.90 Å². The molecule has 1 saturated heterocycles. The van der Waals surface area contributed by atoms with Crippen LogP contribution in [0.25, 0.3) is 0 Å². The number of nitrogens with zero attached hydrogens (tertiary/aromatic N) is 1. The third-order valence-electron chi connectivity index (χ3n) is 3.95. The minimum absolute atomic E-state index is 0.114. The van der Waals surface area contributed by atoms with Crippen molar-refractivity contribution in [2.75, 3.05) is 13.1 Å². The van der Waals surface area contributed by atoms with Crippen molar-refractivity contribution in [2.45, 2.75) is 45.6 Å². The summed E-state index contributed by atoms with van der Waals surface area (Å²) in [7, 11) is 0. The van der Waals surface area contributed by atoms with Crippen LogP contribution in [0.15, 0.2) is 18.2 Å². The number of amides is 1. The molecule has 104 valence electrons. The van der Waals surface area contributed by atoms with E-state index in [1.165, 1.54) is 11.1 Å². The van der Waals surface area contributed by atoms with Crippen LogP contribution < -0.4 is 0 Å². The van der Waals surface area contributed by atoms with Gasteiger partial charge < -0.3 is 10.0 Å². The molecule has 1 aromatic carbocycles. The van der Waals surface area contributed by atoms with Crippen molar-refractivity contribution in [1.82, 2.24) is 4.90 Å². The molecule has 1 aromatic rings. The SMILES string of the molecule is Cc1ccc(CC(=O)N2CCCC(C)(O)C2)cc1C. The van der Waals surface area contributed by atoms with Crippen molar-refractivity contribution in [2.24, 2.45) is 0 Å². The second-order valence-corrected chi connectivity index (χ2v) is 6.01. The lowest BCUT2D eigenvalue weighted by Gasteiger charge is -2.37. The highest BCUT2D eigenvalue weighted by Crippen LogP contribution is 2.21. The second kappa shape index (κ2) is 5.33. The molecule has 0 aliphatic carbocycles. The van der Waals surface area contributed by atoms with E-state index < -0.39 is 5.60 Å². The maximum atomic E-state index is 12.3. The van der Waals surface area contributed by atoms with Crippen LogP contribution in [0.3, 0.4) is 0 Å². The van der Waals surface area contributed by atoms with Crippen LogP contribution in [0.2, 0.25) is 0 Å². The summed E-state index contributed by atoms with van der Waals surface area (Å²) in [5, 5.41) is 10.0. The maximum absolute atomic E-state index is 12.3. The van der Waals surface area contributed by atoms with E-state index >= 15 is 0 Å². The molecule has 1 heterocycles. The topological polar surface area (TPSA) is 40.5 Å². The zero-order valence-corrected chi connectivity index (χ0v) is 12.1. The molecule has 0 spiro atoms. The van der Waals surface area contributed by atoms with E-state index in [1.807, 2.05) is 13.0 Å². The Morgan fingerprint density at radius 1 is 1.37 bits per heavy atom. The number of aryl methyl sites for hydroxylation is 2. The Hall–Kier alpha value is -1.35. The maximum Gasteiger partial charge on any atom is 0.227 e. The molecule has 0 saturated carbocycles. The summed E-state index contributed by atoms with van der Waals surface area (Å²) in [5.41, 5.74) is 2.79. The number of likely N-dealkylation sites (tertiary alicyclic amines) is 1. The minimum Gasteiger partial charge on any atom is -0.388 e. The average Bonchev–Trinajstić information content (AvgIpc) is 2.32. The summed E-state index contributed by atoms with van der Waals surface area (Å²) in [5.74, 6) is 0.114. The number of aliphatic hydroxyl groups is 1. The van der Waals surface area contributed by atoms with Gasteiger partial charge >= 0.3 is 0 Å². The minimum atomic E-state index is -0.725. The van der Waals surface area contributed by atoms with E-state index in [1.54, 1.807) is 4.90 Å². The summed E-state index contributed by atoms with van der Waals surface area (Å²) < 4.78 is 0. The standard InChI is InChI=1S/C16H23NO2/c1-12-5-6-14(9-13(12)2)10-15(18)17-8-4-7-16(3,19)11-17/h5-6,9,19H,4,7-8,10-11H2,1-3H3. The van der Waals surface area contributed by atoms with Crippen molar-refractivity contribution in [3.05, 3.63) is 34.9 Å². The first kappa shape index (κ1) is 14.1. The fraction of sp³-hybridized carbons (Fsp3) is 0.562. The lowest BCUT2D eigenvalue weighted by Crippen LogP contribution is -2.49. The Labute approximate surface area is 115 Å². The van der Waals surface area contributed by atoms with Gasteiger partial charge in [-0.25, -0.2) is 0 Å². The van der Waals surface area contributed by atoms with Gasteiger partial charge in [-0.15, -0.1) is 0 Å². The van der Waals surface area contributed by atoms with Crippen molar-refractivity contribution in [3.63, 3.8) is 0 Å². The largest absolute Gasteiger partial charge is 0.388 e. The number of hydrogen-bond donors (Lipinski definition) is 1. The first-order valence-electron chi connectivity index (χ1n) is 6.94. The van der Waals surface area contributed by atoms with Gasteiger partial charge in [0.05, 0.1) is 12.0 Å². The van der Waals surface area contributed by atoms with Gasteiger partial charge in [-0.2, -0.15) is 0 Å². The molecule has 0 bridgehead atoms. The quantitative estimate of drug-likeness (QED) is 0.887. The lowest BCUT2D eigenvalue weighted by molar-refractivity contribution is -0.136. The van der Waals surface area contributed by atoms with Gasteiger partial charge in [-0.3, -0.25) is 4.79 Å². The number of benzene rings is 1. The fourth-order valence-corrected chi connectivity index (χ4v) is 2.63. The predicted octanol–water partition coefficient (Wildman–Crippen LogP) is 2.22. The highest BCUT2D eigenvalue weighted by Gasteiger charge is 2.30. The molecule has 1 fully saturated rings. The molecule has 1 atom stereocenters. The van der Waals surface area contributed by atoms with Crippen molar-refractivity contribution in [1.29, 1.82) is 0 Å². The van der Waals surface area contributed by atoms with Gasteiger partial charge in [-0.05, 0) is 50.3 Å². The zero-order valence-electron chi connectivity index (χ0n) is 12.1. The average molecular weight is 261 g/mol. The van der Waals surface area contributed by atoms with Gasteiger partial charge in [0.1, 0.15) is 0 Å². The molecule has 0 aromatic heterocycles. The Kier molecular flexibility index (Phi) is 3.95. The van der Waals surface area contributed by atoms with Crippen molar-refractivity contribution < 1.29 is 9.90 Å². The van der Waals surface area contributed by atoms with Crippen LogP contribution in [0.5, 0.6) is 0 Å². The summed E-state index contributed by atoms with van der Waals surface area (Å²) in [6, 6.07) is 6.15. The first-order chi connectivity index (χ1) is 8.87. The molecule has 2 rings (SSSR count). The third kappa shape index (κ3) is 3.57. The monoisotopic (exact) mass is 261 g/mol. The smallest absolute Gasteiger partial charge is 0.227 e. The molecule has 1 aliphatic rings. The van der Waals surface area contributed by atoms with Gasteiger partial charge in [0.15, 0.2) is 0 Å². The van der Waals surface area contributed by atoms with E-state index in [0.717, 1.165) is 24.9 Å². The highest BCUT2D eigenvalue weighted by molar-refractivity contribution is 5.79. The second-order valence-electron chi connectivity index (χ2n) is 6.01. The van der Waals surface area contributed by atoms with Gasteiger partial charge in [0.25, 0.3) is 0 Å². The lowest BCUT2D eigenvalue weighted by atomic mass is 9.94. The van der Waals surface area contributed by atoms with E-state index in [-0.39, 0.29) is 5.91 Å². The van der Waals surface area contributed by atoms with Crippen LogP contribution >= 0.6 is 0 Å². The normalized spacial score (nSPS) is 23.5. The molecule has 19 heavy (non-hydrogen) atoms. The molecule has 1 N–H and O–H groups in total. The number of hydrogen-bond acceptors (Lipinski definition) is 2. The van der Waals surface area contributed by atoms with E-state index in [4.69, 9.17) is 0 Å². The van der Waals surface area contributed by atoms with Crippen LogP contribution in [0.1, 0.15) is 36.5 Å². The Morgan fingerprint density at radius 2 is 2.11 bits per heavy atom. The van der Waals surface area contributed by atoms with E-state index in [2.05, 4.69) is 26.0 Å². The van der Waals surface area contributed by atoms with Gasteiger partial charge in [0.2, 0.25) is 5.91 Å². The van der Waals surface area contributed by atoms with E-state index in [0.29, 0.717) is 13.0 Å². The molecule has 3 heteroatoms. The predicted molar refractivity (Wildman–Crippen MR) is 76.1 cm³/mol. The Morgan fingerprint density at radius 3 is 2.74 bits per heavy atom. The molecule has 1 unspecified atom stereocenters. The summed E-state index contributed by atoms with van der Waals surface area (Å²) >= 11 is 0. The first-order valence-corrected chi connectivity index (χ1v) is 6.94. The molecule has 1 aliphatic heterocycles. The number of carbonyl (C=O) groups excluding carboxylic acids is 1. The van der Waals surface area contributed by atoms with Crippen molar-refractivity contribution in [3.8, 4) is 0 Å². The third-order valence-corrected chi connectivity index (χ3v) is 3.95. The van der Waals surface area contributed by atoms with Gasteiger partial charge in [-0.1, -0.05) is 18.2 Å². The van der Waals surface area contributed by atoms with Crippen LogP contribution in [0, 0.1) is 13.8 Å². The number of carbonyl (C=O) groups is 1. The summed E-state index contributed by atoms with van der Waals surface area (Å²) in [4.78, 5) is 14.1. The Bertz CT molecular complexity index is 480. The molecule has 1 amide bonds. The summed E-state index contributed by atoms with van der Waals surface area (Å²) in [6.07, 6.45) is 2.09. The molecular formula is C16H23NO2. The number of piperidine rings is 1. The fourth-order valence-electron chi connectivity index (χ4n) is 2.63. The zero-order chi connectivity index (χ0) is 14.0. The van der Waals surface area contributed by atoms with Crippen LogP contribution in [-0.2, 0) is 11.2 Å². The number of rotatable bonds is 2. The van der Waals surface area contributed by atoms with Gasteiger partial charge in [0, 0.05) is 13.1 Å². The summed E-state index contributed by atoms with van der Waals surface area (Å²) in [6.45, 7) is 7.16. The Balaban J connectivity index is 2.02. The van der Waals surface area contributed by atoms with Crippen LogP contribution in [-0.4, -0.2) is 34.6 Å². The van der Waals surface area contributed by atoms with Crippen molar-refractivity contribution >= 4 is 5.91 Å². The molecule has 3 nitrogen and oxygen atoms in total. The van der Waals surface area contributed by atoms with Crippen LogP contribution in [0.4, 0.5) is 0 Å².